The maximum atomic E-state index is 11.6. The summed E-state index contributed by atoms with van der Waals surface area (Å²) in [7, 11) is 0. The first-order chi connectivity index (χ1) is 7.04. The van der Waals surface area contributed by atoms with Crippen molar-refractivity contribution in [2.45, 2.75) is 33.6 Å². The molecule has 15 heavy (non-hydrogen) atoms. The molecular formula is C11H22ClNO2. The lowest BCUT2D eigenvalue weighted by atomic mass is 9.95. The summed E-state index contributed by atoms with van der Waals surface area (Å²) >= 11 is 5.69. The van der Waals surface area contributed by atoms with Crippen molar-refractivity contribution in [1.82, 2.24) is 5.32 Å². The van der Waals surface area contributed by atoms with Crippen LogP contribution in [-0.2, 0) is 9.53 Å². The van der Waals surface area contributed by atoms with Crippen LogP contribution in [0.2, 0.25) is 0 Å². The van der Waals surface area contributed by atoms with E-state index < -0.39 is 5.41 Å². The van der Waals surface area contributed by atoms with E-state index in [1.807, 2.05) is 20.8 Å². The molecule has 0 aromatic heterocycles. The van der Waals surface area contributed by atoms with Gasteiger partial charge in [0, 0.05) is 25.6 Å². The lowest BCUT2D eigenvalue weighted by Crippen LogP contribution is -2.38. The van der Waals surface area contributed by atoms with Gasteiger partial charge in [-0.2, -0.15) is 0 Å². The zero-order valence-electron chi connectivity index (χ0n) is 9.94. The second kappa shape index (κ2) is 7.94. The second-order valence-corrected chi connectivity index (χ2v) is 4.44. The van der Waals surface area contributed by atoms with Crippen LogP contribution in [0.3, 0.4) is 0 Å². The van der Waals surface area contributed by atoms with E-state index in [1.165, 1.54) is 0 Å². The number of carbonyl (C=O) groups is 1. The van der Waals surface area contributed by atoms with Crippen molar-refractivity contribution in [2.75, 3.05) is 25.6 Å². The van der Waals surface area contributed by atoms with Crippen LogP contribution in [0.4, 0.5) is 0 Å². The number of alkyl halides is 1. The Morgan fingerprint density at radius 2 is 2.07 bits per heavy atom. The largest absolute Gasteiger partial charge is 0.382 e. The first kappa shape index (κ1) is 14.7. The monoisotopic (exact) mass is 235 g/mol. The van der Waals surface area contributed by atoms with E-state index in [4.69, 9.17) is 16.3 Å². The van der Waals surface area contributed by atoms with Gasteiger partial charge in [-0.25, -0.2) is 0 Å². The van der Waals surface area contributed by atoms with Crippen LogP contribution in [0.15, 0.2) is 0 Å². The van der Waals surface area contributed by atoms with Gasteiger partial charge in [-0.05, 0) is 33.6 Å². The molecule has 4 heteroatoms. The molecule has 0 aliphatic carbocycles. The lowest BCUT2D eigenvalue weighted by Gasteiger charge is -2.20. The molecule has 0 rings (SSSR count). The van der Waals surface area contributed by atoms with E-state index in [2.05, 4.69) is 5.32 Å². The van der Waals surface area contributed by atoms with E-state index in [9.17, 15) is 4.79 Å². The molecule has 0 aromatic carbocycles. The molecular weight excluding hydrogens is 214 g/mol. The molecule has 0 aliphatic heterocycles. The number of carbonyl (C=O) groups excluding carboxylic acids is 1. The topological polar surface area (TPSA) is 38.3 Å². The third-order valence-corrected chi connectivity index (χ3v) is 2.82. The first-order valence-electron chi connectivity index (χ1n) is 5.46. The molecule has 0 bridgehead atoms. The Hall–Kier alpha value is -0.280. The Balaban J connectivity index is 3.47. The molecule has 0 aliphatic rings. The Labute approximate surface area is 97.5 Å². The smallest absolute Gasteiger partial charge is 0.226 e. The third-order valence-electron chi connectivity index (χ3n) is 2.15. The van der Waals surface area contributed by atoms with Crippen LogP contribution in [0.5, 0.6) is 0 Å². The zero-order valence-corrected chi connectivity index (χ0v) is 10.7. The van der Waals surface area contributed by atoms with Gasteiger partial charge in [0.05, 0.1) is 5.41 Å². The van der Waals surface area contributed by atoms with Gasteiger partial charge in [-0.3, -0.25) is 4.79 Å². The van der Waals surface area contributed by atoms with Crippen LogP contribution in [0, 0.1) is 5.41 Å². The molecule has 0 heterocycles. The third kappa shape index (κ3) is 6.74. The Morgan fingerprint density at radius 1 is 1.40 bits per heavy atom. The molecule has 1 N–H and O–H groups in total. The number of rotatable bonds is 8. The van der Waals surface area contributed by atoms with E-state index in [1.54, 1.807) is 0 Å². The fourth-order valence-electron chi connectivity index (χ4n) is 0.975. The van der Waals surface area contributed by atoms with Crippen molar-refractivity contribution in [3.63, 3.8) is 0 Å². The van der Waals surface area contributed by atoms with Gasteiger partial charge in [-0.15, -0.1) is 11.6 Å². The SMILES string of the molecule is CCOCCCCNC(=O)C(C)(C)CCl. The van der Waals surface area contributed by atoms with Crippen molar-refractivity contribution >= 4 is 17.5 Å². The van der Waals surface area contributed by atoms with Crippen LogP contribution in [0.1, 0.15) is 33.6 Å². The number of nitrogens with one attached hydrogen (secondary N) is 1. The highest BCUT2D eigenvalue weighted by Gasteiger charge is 2.25. The van der Waals surface area contributed by atoms with Crippen molar-refractivity contribution in [3.05, 3.63) is 0 Å². The van der Waals surface area contributed by atoms with Crippen molar-refractivity contribution in [3.8, 4) is 0 Å². The molecule has 0 saturated heterocycles. The van der Waals surface area contributed by atoms with Gasteiger partial charge >= 0.3 is 0 Å². The quantitative estimate of drug-likeness (QED) is 0.517. The molecule has 0 unspecified atom stereocenters. The normalized spacial score (nSPS) is 11.5. The summed E-state index contributed by atoms with van der Waals surface area (Å²) < 4.78 is 5.20. The number of hydrogen-bond acceptors (Lipinski definition) is 2. The average molecular weight is 236 g/mol. The van der Waals surface area contributed by atoms with E-state index in [-0.39, 0.29) is 5.91 Å². The number of ether oxygens (including phenoxy) is 1. The van der Waals surface area contributed by atoms with Crippen LogP contribution >= 0.6 is 11.6 Å². The number of unbranched alkanes of at least 4 members (excludes halogenated alkanes) is 1. The Morgan fingerprint density at radius 3 is 2.60 bits per heavy atom. The fourth-order valence-corrected chi connectivity index (χ4v) is 1.10. The van der Waals surface area contributed by atoms with Gasteiger partial charge in [0.1, 0.15) is 0 Å². The van der Waals surface area contributed by atoms with E-state index in [0.717, 1.165) is 26.1 Å². The predicted molar refractivity (Wildman–Crippen MR) is 63.2 cm³/mol. The maximum absolute atomic E-state index is 11.6. The minimum Gasteiger partial charge on any atom is -0.382 e. The molecule has 90 valence electrons. The highest BCUT2D eigenvalue weighted by Crippen LogP contribution is 2.16. The van der Waals surface area contributed by atoms with Gasteiger partial charge in [0.25, 0.3) is 0 Å². The lowest BCUT2D eigenvalue weighted by molar-refractivity contribution is -0.128. The van der Waals surface area contributed by atoms with Crippen molar-refractivity contribution in [2.24, 2.45) is 5.41 Å². The van der Waals surface area contributed by atoms with Gasteiger partial charge in [-0.1, -0.05) is 0 Å². The molecule has 0 saturated carbocycles. The summed E-state index contributed by atoms with van der Waals surface area (Å²) in [5.41, 5.74) is -0.471. The van der Waals surface area contributed by atoms with Crippen LogP contribution in [-0.4, -0.2) is 31.5 Å². The number of amides is 1. The predicted octanol–water partition coefficient (Wildman–Crippen LogP) is 2.18. The number of halogens is 1. The molecule has 0 spiro atoms. The molecule has 1 amide bonds. The molecule has 3 nitrogen and oxygen atoms in total. The molecule has 0 radical (unpaired) electrons. The first-order valence-corrected chi connectivity index (χ1v) is 6.00. The summed E-state index contributed by atoms with van der Waals surface area (Å²) in [6, 6.07) is 0. The van der Waals surface area contributed by atoms with Crippen LogP contribution in [0.25, 0.3) is 0 Å². The molecule has 0 atom stereocenters. The average Bonchev–Trinajstić information content (AvgIpc) is 2.22. The summed E-state index contributed by atoms with van der Waals surface area (Å²) in [5.74, 6) is 0.367. The molecule has 0 aromatic rings. The van der Waals surface area contributed by atoms with E-state index >= 15 is 0 Å². The minimum absolute atomic E-state index is 0.0221. The second-order valence-electron chi connectivity index (χ2n) is 4.18. The summed E-state index contributed by atoms with van der Waals surface area (Å²) in [6.45, 7) is 7.89. The van der Waals surface area contributed by atoms with Crippen molar-refractivity contribution < 1.29 is 9.53 Å². The van der Waals surface area contributed by atoms with Gasteiger partial charge in [0.2, 0.25) is 5.91 Å². The Kier molecular flexibility index (Phi) is 7.79. The summed E-state index contributed by atoms with van der Waals surface area (Å²) in [4.78, 5) is 11.6. The summed E-state index contributed by atoms with van der Waals surface area (Å²) in [5, 5.41) is 2.87. The van der Waals surface area contributed by atoms with Crippen LogP contribution < -0.4 is 5.32 Å². The fraction of sp³-hybridized carbons (Fsp3) is 0.909. The van der Waals surface area contributed by atoms with Gasteiger partial charge in [0.15, 0.2) is 0 Å². The summed E-state index contributed by atoms with van der Waals surface area (Å²) in [6.07, 6.45) is 1.93. The Bertz CT molecular complexity index is 183. The minimum atomic E-state index is -0.471. The maximum Gasteiger partial charge on any atom is 0.226 e. The van der Waals surface area contributed by atoms with Gasteiger partial charge < -0.3 is 10.1 Å². The standard InChI is InChI=1S/C11H22ClNO2/c1-4-15-8-6-5-7-13-10(14)11(2,3)9-12/h4-9H2,1-3H3,(H,13,14). The number of hydrogen-bond donors (Lipinski definition) is 1. The van der Waals surface area contributed by atoms with Crippen molar-refractivity contribution in [1.29, 1.82) is 0 Å². The highest BCUT2D eigenvalue weighted by atomic mass is 35.5. The molecule has 0 fully saturated rings. The zero-order chi connectivity index (χ0) is 11.7. The highest BCUT2D eigenvalue weighted by molar-refractivity contribution is 6.19. The van der Waals surface area contributed by atoms with E-state index in [0.29, 0.717) is 12.4 Å².